The second kappa shape index (κ2) is 65.8. The number of aliphatic hydroxyl groups is 11. The van der Waals surface area contributed by atoms with Crippen molar-refractivity contribution in [1.82, 2.24) is 0 Å². The Labute approximate surface area is 540 Å². The van der Waals surface area contributed by atoms with E-state index in [2.05, 4.69) is 13.8 Å². The molecule has 0 aliphatic carbocycles. The molecule has 0 aromatic heterocycles. The maximum atomic E-state index is 12.1. The van der Waals surface area contributed by atoms with Crippen molar-refractivity contribution in [3.05, 3.63) is 0 Å². The van der Waals surface area contributed by atoms with Crippen LogP contribution in [0.3, 0.4) is 0 Å². The van der Waals surface area contributed by atoms with Crippen LogP contribution in [0.25, 0.3) is 0 Å². The Morgan fingerprint density at radius 3 is 0.633 bits per heavy atom. The summed E-state index contributed by atoms with van der Waals surface area (Å²) in [4.78, 5) is 24.2. The quantitative estimate of drug-likeness (QED) is 0.0198. The lowest BCUT2D eigenvalue weighted by Gasteiger charge is -2.19. The van der Waals surface area contributed by atoms with Gasteiger partial charge in [0.15, 0.2) is 0 Å². The van der Waals surface area contributed by atoms with Gasteiger partial charge in [-0.3, -0.25) is 9.59 Å². The summed E-state index contributed by atoms with van der Waals surface area (Å²) < 4.78 is 57.7. The third kappa shape index (κ3) is 63.5. The van der Waals surface area contributed by atoms with Crippen molar-refractivity contribution >= 4 is 11.9 Å². The van der Waals surface area contributed by atoms with Gasteiger partial charge >= 0.3 is 11.9 Å². The van der Waals surface area contributed by atoms with Gasteiger partial charge in [-0.1, -0.05) is 194 Å². The van der Waals surface area contributed by atoms with E-state index in [1.165, 1.54) is 148 Å². The van der Waals surface area contributed by atoms with Gasteiger partial charge < -0.3 is 108 Å². The topological polar surface area (TPSA) is 358 Å². The number of carbonyl (C=O) groups is 2. The zero-order chi connectivity index (χ0) is 66.3. The van der Waals surface area contributed by atoms with Crippen molar-refractivity contribution in [2.75, 3.05) is 126 Å². The largest absolute Gasteiger partial charge is 0.463 e. The minimum Gasteiger partial charge on any atom is -0.463 e. The third-order valence-electron chi connectivity index (χ3n) is 14.5. The summed E-state index contributed by atoms with van der Waals surface area (Å²) in [5.41, 5.74) is 0. The highest BCUT2D eigenvalue weighted by atomic mass is 16.7. The summed E-state index contributed by atoms with van der Waals surface area (Å²) in [5.74, 6) is -0.968. The first-order valence-electron chi connectivity index (χ1n) is 34.6. The first-order valence-corrected chi connectivity index (χ1v) is 34.6. The molecule has 0 aliphatic rings. The lowest BCUT2D eigenvalue weighted by molar-refractivity contribution is -0.194. The summed E-state index contributed by atoms with van der Waals surface area (Å²) in [5, 5.41) is 111. The summed E-state index contributed by atoms with van der Waals surface area (Å²) in [7, 11) is 0. The molecule has 0 radical (unpaired) electrons. The zero-order valence-electron chi connectivity index (χ0n) is 55.6. The summed E-state index contributed by atoms with van der Waals surface area (Å²) in [6.45, 7) is 0.623. The first kappa shape index (κ1) is 88.1. The molecule has 0 aromatic rings. The van der Waals surface area contributed by atoms with E-state index in [1.54, 1.807) is 0 Å². The van der Waals surface area contributed by atoms with Crippen molar-refractivity contribution in [1.29, 1.82) is 0 Å². The van der Waals surface area contributed by atoms with Crippen LogP contribution in [-0.4, -0.2) is 261 Å². The lowest BCUT2D eigenvalue weighted by Crippen LogP contribution is -2.36. The van der Waals surface area contributed by atoms with E-state index in [9.17, 15) is 65.8 Å². The molecule has 0 saturated heterocycles. The molecule has 0 rings (SSSR count). The van der Waals surface area contributed by atoms with Crippen LogP contribution in [-0.2, 0) is 61.7 Å². The van der Waals surface area contributed by atoms with Crippen molar-refractivity contribution in [2.45, 2.75) is 287 Å². The number of ether oxygens (including phenoxy) is 11. The van der Waals surface area contributed by atoms with Crippen LogP contribution in [0, 0.1) is 0 Å². The second-order valence-corrected chi connectivity index (χ2v) is 24.3. The van der Waals surface area contributed by atoms with E-state index in [-0.39, 0.29) is 131 Å². The standard InChI is InChI=1S/C66H130O24/c1-3-5-7-9-11-13-15-17-19-21-23-25-27-29-31-33-64(77)89-52-62(75)51-87-48-60(73)47-85-44-58(71)43-83-40-56(69)39-81-36-54(67)35-80-37-55(68)38-82-41-57(70)42-84-45-59(72)46-86-49-61(74)50-88-53-63(76)66(79)90-65(78)34-32-30-28-26-24-22-20-18-16-14-12-10-8-6-4-2/h54-63,66-76,79H,3-53H2,1-2H3. The van der Waals surface area contributed by atoms with Crippen LogP contribution in [0.1, 0.15) is 219 Å². The Balaban J connectivity index is 3.76. The van der Waals surface area contributed by atoms with E-state index in [0.717, 1.165) is 38.5 Å². The van der Waals surface area contributed by atoms with Gasteiger partial charge in [0.2, 0.25) is 6.29 Å². The zero-order valence-corrected chi connectivity index (χ0v) is 55.6. The minimum atomic E-state index is -1.77. The summed E-state index contributed by atoms with van der Waals surface area (Å²) >= 11 is 0. The Bertz CT molecular complexity index is 1510. The van der Waals surface area contributed by atoms with E-state index < -0.39 is 79.9 Å². The van der Waals surface area contributed by atoms with E-state index in [1.807, 2.05) is 0 Å². The molecule has 0 amide bonds. The normalized spacial score (nSPS) is 15.7. The summed E-state index contributed by atoms with van der Waals surface area (Å²) in [6.07, 6.45) is 24.2. The number of aliphatic hydroxyl groups excluding tert-OH is 11. The van der Waals surface area contributed by atoms with Crippen LogP contribution in [0.15, 0.2) is 0 Å². The Kier molecular flexibility index (Phi) is 64.4. The highest BCUT2D eigenvalue weighted by Crippen LogP contribution is 2.16. The molecule has 0 heterocycles. The van der Waals surface area contributed by atoms with Gasteiger partial charge in [-0.05, 0) is 12.8 Å². The third-order valence-corrected chi connectivity index (χ3v) is 14.5. The molecular formula is C66H130O24. The maximum Gasteiger partial charge on any atom is 0.308 e. The van der Waals surface area contributed by atoms with Crippen molar-refractivity contribution in [3.8, 4) is 0 Å². The first-order chi connectivity index (χ1) is 43.6. The van der Waals surface area contributed by atoms with Crippen molar-refractivity contribution in [2.24, 2.45) is 0 Å². The van der Waals surface area contributed by atoms with Crippen LogP contribution in [0.4, 0.5) is 0 Å². The van der Waals surface area contributed by atoms with E-state index in [0.29, 0.717) is 12.8 Å². The number of rotatable bonds is 72. The molecule has 24 nitrogen and oxygen atoms in total. The van der Waals surface area contributed by atoms with Crippen LogP contribution in [0.2, 0.25) is 0 Å². The van der Waals surface area contributed by atoms with Gasteiger partial charge in [0.05, 0.1) is 119 Å². The number of hydrogen-bond donors (Lipinski definition) is 11. The monoisotopic (exact) mass is 1310 g/mol. The highest BCUT2D eigenvalue weighted by molar-refractivity contribution is 5.69. The number of esters is 2. The van der Waals surface area contributed by atoms with Crippen LogP contribution >= 0.6 is 0 Å². The predicted molar refractivity (Wildman–Crippen MR) is 340 cm³/mol. The fourth-order valence-corrected chi connectivity index (χ4v) is 9.38. The number of unbranched alkanes of at least 4 members (excludes halogenated alkanes) is 28. The predicted octanol–water partition coefficient (Wildman–Crippen LogP) is 5.67. The molecule has 0 saturated carbocycles. The van der Waals surface area contributed by atoms with Gasteiger partial charge in [-0.2, -0.15) is 0 Å². The molecule has 11 unspecified atom stereocenters. The highest BCUT2D eigenvalue weighted by Gasteiger charge is 2.22. The average Bonchev–Trinajstić information content (AvgIpc) is 3.67. The molecule has 0 spiro atoms. The minimum absolute atomic E-state index is 0.140. The molecular weight excluding hydrogens is 1180 g/mol. The molecule has 0 bridgehead atoms. The molecule has 0 aliphatic heterocycles. The van der Waals surface area contributed by atoms with Gasteiger partial charge in [0.1, 0.15) is 67.6 Å². The van der Waals surface area contributed by atoms with E-state index >= 15 is 0 Å². The SMILES string of the molecule is CCCCCCCCCCCCCCCCCC(=O)OCC(O)COCC(O)COCC(O)COCC(O)COCC(O)COCC(O)COCC(O)COCC(O)COCC(O)COCC(O)C(O)OC(=O)CCCCCCCCCCCCCCCCC. The Hall–Kier alpha value is -1.86. The molecule has 538 valence electrons. The fraction of sp³-hybridized carbons (Fsp3) is 0.970. The fourth-order valence-electron chi connectivity index (χ4n) is 9.38. The molecule has 0 aromatic carbocycles. The van der Waals surface area contributed by atoms with Crippen molar-refractivity contribution in [3.63, 3.8) is 0 Å². The molecule has 11 N–H and O–H groups in total. The number of carbonyl (C=O) groups excluding carboxylic acids is 2. The Morgan fingerprint density at radius 2 is 0.411 bits per heavy atom. The molecule has 11 atom stereocenters. The van der Waals surface area contributed by atoms with E-state index in [4.69, 9.17) is 52.1 Å². The average molecular weight is 1310 g/mol. The smallest absolute Gasteiger partial charge is 0.308 e. The van der Waals surface area contributed by atoms with Gasteiger partial charge in [0, 0.05) is 12.8 Å². The van der Waals surface area contributed by atoms with Crippen molar-refractivity contribution < 1.29 is 118 Å². The van der Waals surface area contributed by atoms with Crippen LogP contribution in [0.5, 0.6) is 0 Å². The van der Waals surface area contributed by atoms with Gasteiger partial charge in [0.25, 0.3) is 0 Å². The summed E-state index contributed by atoms with van der Waals surface area (Å²) in [6, 6.07) is 0. The number of hydrogen-bond acceptors (Lipinski definition) is 24. The van der Waals surface area contributed by atoms with Crippen LogP contribution < -0.4 is 0 Å². The van der Waals surface area contributed by atoms with Gasteiger partial charge in [-0.25, -0.2) is 0 Å². The Morgan fingerprint density at radius 1 is 0.233 bits per heavy atom. The van der Waals surface area contributed by atoms with Gasteiger partial charge in [-0.15, -0.1) is 0 Å². The molecule has 90 heavy (non-hydrogen) atoms. The second-order valence-electron chi connectivity index (χ2n) is 24.3. The molecule has 24 heteroatoms. The lowest BCUT2D eigenvalue weighted by atomic mass is 10.0. The molecule has 0 fully saturated rings. The maximum absolute atomic E-state index is 12.1.